The fourth-order valence-corrected chi connectivity index (χ4v) is 1.40. The van der Waals surface area contributed by atoms with Gasteiger partial charge in [-0.2, -0.15) is 0 Å². The van der Waals surface area contributed by atoms with Crippen LogP contribution in [0.4, 0.5) is 0 Å². The standard InChI is InChI=1S/C11H18N4O/c1-6-14-8-9(12-3)11(15(5)7-2)16-10(8)13-4/h6,12H,1,7H2,2-5H3. The second kappa shape index (κ2) is 5.34. The van der Waals surface area contributed by atoms with E-state index in [9.17, 15) is 0 Å². The SMILES string of the molecule is C=CN=C1C(=NC)OC(N(C)CC)=C1NC. The molecule has 1 aliphatic heterocycles. The van der Waals surface area contributed by atoms with E-state index in [0.29, 0.717) is 11.6 Å². The van der Waals surface area contributed by atoms with Crippen molar-refractivity contribution < 1.29 is 4.74 Å². The fourth-order valence-electron chi connectivity index (χ4n) is 1.40. The lowest BCUT2D eigenvalue weighted by atomic mass is 10.3. The highest BCUT2D eigenvalue weighted by Gasteiger charge is 2.30. The molecule has 1 aliphatic rings. The van der Waals surface area contributed by atoms with Gasteiger partial charge in [-0.1, -0.05) is 6.58 Å². The van der Waals surface area contributed by atoms with E-state index in [1.165, 1.54) is 6.20 Å². The summed E-state index contributed by atoms with van der Waals surface area (Å²) < 4.78 is 5.65. The Morgan fingerprint density at radius 1 is 1.56 bits per heavy atom. The first-order chi connectivity index (χ1) is 7.69. The van der Waals surface area contributed by atoms with Crippen LogP contribution in [0.5, 0.6) is 0 Å². The monoisotopic (exact) mass is 222 g/mol. The highest BCUT2D eigenvalue weighted by Crippen LogP contribution is 2.19. The Hall–Kier alpha value is -1.78. The molecule has 1 N–H and O–H groups in total. The van der Waals surface area contributed by atoms with Crippen molar-refractivity contribution in [1.29, 1.82) is 0 Å². The summed E-state index contributed by atoms with van der Waals surface area (Å²) in [5.41, 5.74) is 1.53. The van der Waals surface area contributed by atoms with Crippen LogP contribution < -0.4 is 5.32 Å². The van der Waals surface area contributed by atoms with E-state index in [4.69, 9.17) is 4.74 Å². The van der Waals surface area contributed by atoms with Crippen LogP contribution >= 0.6 is 0 Å². The minimum atomic E-state index is 0.513. The number of hydrogen-bond acceptors (Lipinski definition) is 5. The largest absolute Gasteiger partial charge is 0.418 e. The Kier molecular flexibility index (Phi) is 4.10. The van der Waals surface area contributed by atoms with E-state index in [1.54, 1.807) is 7.05 Å². The van der Waals surface area contributed by atoms with Crippen LogP contribution in [-0.2, 0) is 4.74 Å². The predicted molar refractivity (Wildman–Crippen MR) is 66.5 cm³/mol. The molecule has 5 heteroatoms. The van der Waals surface area contributed by atoms with Crippen LogP contribution in [0, 0.1) is 0 Å². The Bertz CT molecular complexity index is 368. The number of aliphatic imine (C=N–C) groups is 2. The first-order valence-electron chi connectivity index (χ1n) is 5.16. The molecule has 0 aromatic rings. The lowest BCUT2D eigenvalue weighted by molar-refractivity contribution is 0.253. The molecule has 0 aliphatic carbocycles. The Balaban J connectivity index is 3.20. The van der Waals surface area contributed by atoms with E-state index in [1.807, 2.05) is 19.0 Å². The molecule has 0 aromatic carbocycles. The van der Waals surface area contributed by atoms with Crippen molar-refractivity contribution in [3.05, 3.63) is 24.4 Å². The topological polar surface area (TPSA) is 49.2 Å². The summed E-state index contributed by atoms with van der Waals surface area (Å²) in [4.78, 5) is 10.2. The zero-order chi connectivity index (χ0) is 12.1. The van der Waals surface area contributed by atoms with Crippen LogP contribution in [0.1, 0.15) is 6.92 Å². The summed E-state index contributed by atoms with van der Waals surface area (Å²) in [5.74, 6) is 1.26. The molecule has 1 heterocycles. The summed E-state index contributed by atoms with van der Waals surface area (Å²) >= 11 is 0. The van der Waals surface area contributed by atoms with Crippen molar-refractivity contribution in [2.24, 2.45) is 9.98 Å². The predicted octanol–water partition coefficient (Wildman–Crippen LogP) is 0.970. The Labute approximate surface area is 96.2 Å². The highest BCUT2D eigenvalue weighted by molar-refractivity contribution is 6.47. The highest BCUT2D eigenvalue weighted by atomic mass is 16.5. The molecule has 0 unspecified atom stereocenters. The van der Waals surface area contributed by atoms with Gasteiger partial charge >= 0.3 is 0 Å². The summed E-state index contributed by atoms with van der Waals surface area (Å²) in [7, 11) is 5.46. The zero-order valence-electron chi connectivity index (χ0n) is 10.2. The normalized spacial score (nSPS) is 20.2. The summed E-state index contributed by atoms with van der Waals surface area (Å²) in [6.07, 6.45) is 1.48. The van der Waals surface area contributed by atoms with Crippen molar-refractivity contribution >= 4 is 11.6 Å². The summed E-state index contributed by atoms with van der Waals surface area (Å²) in [6.45, 7) is 6.49. The molecule has 16 heavy (non-hydrogen) atoms. The average Bonchev–Trinajstić information content (AvgIpc) is 2.66. The van der Waals surface area contributed by atoms with Gasteiger partial charge in [-0.05, 0) is 6.92 Å². The van der Waals surface area contributed by atoms with E-state index in [2.05, 4.69) is 28.8 Å². The molecule has 0 atom stereocenters. The maximum absolute atomic E-state index is 5.65. The molecule has 88 valence electrons. The van der Waals surface area contributed by atoms with Gasteiger partial charge in [0.1, 0.15) is 5.70 Å². The van der Waals surface area contributed by atoms with Crippen molar-refractivity contribution in [3.8, 4) is 0 Å². The average molecular weight is 222 g/mol. The van der Waals surface area contributed by atoms with Gasteiger partial charge in [0.05, 0.1) is 0 Å². The molecule has 0 spiro atoms. The van der Waals surface area contributed by atoms with Gasteiger partial charge in [-0.3, -0.25) is 4.99 Å². The smallest absolute Gasteiger partial charge is 0.244 e. The molecule has 0 radical (unpaired) electrons. The third-order valence-electron chi connectivity index (χ3n) is 2.34. The van der Waals surface area contributed by atoms with Gasteiger partial charge in [0.25, 0.3) is 0 Å². The molecule has 0 bridgehead atoms. The van der Waals surface area contributed by atoms with Gasteiger partial charge in [-0.25, -0.2) is 4.99 Å². The van der Waals surface area contributed by atoms with Crippen LogP contribution in [0.25, 0.3) is 0 Å². The van der Waals surface area contributed by atoms with E-state index < -0.39 is 0 Å². The first-order valence-corrected chi connectivity index (χ1v) is 5.16. The van der Waals surface area contributed by atoms with Gasteiger partial charge in [0.15, 0.2) is 5.71 Å². The zero-order valence-corrected chi connectivity index (χ0v) is 10.2. The van der Waals surface area contributed by atoms with Crippen molar-refractivity contribution in [3.63, 3.8) is 0 Å². The second-order valence-corrected chi connectivity index (χ2v) is 3.24. The van der Waals surface area contributed by atoms with Crippen LogP contribution in [-0.4, -0.2) is 44.2 Å². The lowest BCUT2D eigenvalue weighted by Crippen LogP contribution is -2.22. The lowest BCUT2D eigenvalue weighted by Gasteiger charge is -2.17. The van der Waals surface area contributed by atoms with Crippen LogP contribution in [0.15, 0.2) is 34.3 Å². The number of nitrogens with zero attached hydrogens (tertiary/aromatic N) is 3. The fraction of sp³-hybridized carbons (Fsp3) is 0.455. The Morgan fingerprint density at radius 3 is 2.69 bits per heavy atom. The molecule has 0 fully saturated rings. The molecule has 0 saturated heterocycles. The van der Waals surface area contributed by atoms with Crippen molar-refractivity contribution in [2.45, 2.75) is 6.92 Å². The number of hydrogen-bond donors (Lipinski definition) is 1. The summed E-state index contributed by atoms with van der Waals surface area (Å²) in [6, 6.07) is 0. The Morgan fingerprint density at radius 2 is 2.25 bits per heavy atom. The molecule has 1 rings (SSSR count). The minimum absolute atomic E-state index is 0.513. The number of nitrogens with one attached hydrogen (secondary N) is 1. The van der Waals surface area contributed by atoms with Gasteiger partial charge in [0, 0.05) is 33.9 Å². The van der Waals surface area contributed by atoms with E-state index in [-0.39, 0.29) is 0 Å². The molecular weight excluding hydrogens is 204 g/mol. The van der Waals surface area contributed by atoms with Crippen LogP contribution in [0.3, 0.4) is 0 Å². The van der Waals surface area contributed by atoms with Crippen molar-refractivity contribution in [2.75, 3.05) is 27.7 Å². The number of ether oxygens (including phenoxy) is 1. The molecule has 5 nitrogen and oxygen atoms in total. The third kappa shape index (κ3) is 2.08. The molecule has 0 aromatic heterocycles. The maximum Gasteiger partial charge on any atom is 0.244 e. The van der Waals surface area contributed by atoms with Crippen LogP contribution in [0.2, 0.25) is 0 Å². The quantitative estimate of drug-likeness (QED) is 0.771. The molecular formula is C11H18N4O. The minimum Gasteiger partial charge on any atom is -0.418 e. The van der Waals surface area contributed by atoms with Gasteiger partial charge in [-0.15, -0.1) is 0 Å². The van der Waals surface area contributed by atoms with Gasteiger partial charge < -0.3 is 15.0 Å². The van der Waals surface area contributed by atoms with E-state index >= 15 is 0 Å². The second-order valence-electron chi connectivity index (χ2n) is 3.24. The first kappa shape index (κ1) is 12.3. The summed E-state index contributed by atoms with van der Waals surface area (Å²) in [5, 5.41) is 3.08. The van der Waals surface area contributed by atoms with Crippen molar-refractivity contribution in [1.82, 2.24) is 10.2 Å². The maximum atomic E-state index is 5.65. The van der Waals surface area contributed by atoms with E-state index in [0.717, 1.165) is 18.1 Å². The third-order valence-corrected chi connectivity index (χ3v) is 2.34. The number of rotatable bonds is 4. The molecule has 0 amide bonds. The van der Waals surface area contributed by atoms with Gasteiger partial charge in [0.2, 0.25) is 11.8 Å². The molecule has 0 saturated carbocycles.